The van der Waals surface area contributed by atoms with Gasteiger partial charge in [0.05, 0.1) is 11.3 Å². The van der Waals surface area contributed by atoms with E-state index in [1.807, 2.05) is 0 Å². The van der Waals surface area contributed by atoms with Crippen molar-refractivity contribution in [2.24, 2.45) is 0 Å². The molecule has 1 nitrogen and oxygen atoms in total. The number of halogens is 4. The number of hydrogen-bond donors (Lipinski definition) is 1. The molecule has 1 aromatic carbocycles. The van der Waals surface area contributed by atoms with Crippen molar-refractivity contribution in [1.29, 1.82) is 0 Å². The zero-order chi connectivity index (χ0) is 12.9. The standard InChI is InChI=1S/C12H11F4N/c1-2-3-4-7-17-11-6-5-9(8-10(11)13)12(14,15)16/h5-6,8,17H,4,7H2,1H3. The van der Waals surface area contributed by atoms with Gasteiger partial charge in [0.15, 0.2) is 0 Å². The van der Waals surface area contributed by atoms with E-state index in [1.54, 1.807) is 6.92 Å². The molecule has 0 aromatic heterocycles. The highest BCUT2D eigenvalue weighted by molar-refractivity contribution is 5.46. The van der Waals surface area contributed by atoms with Crippen molar-refractivity contribution in [2.45, 2.75) is 19.5 Å². The molecule has 0 amide bonds. The molecule has 0 saturated heterocycles. The second-order valence-electron chi connectivity index (χ2n) is 3.30. The summed E-state index contributed by atoms with van der Waals surface area (Å²) in [6, 6.07) is 2.41. The van der Waals surface area contributed by atoms with Gasteiger partial charge in [0.1, 0.15) is 5.82 Å². The number of alkyl halides is 3. The van der Waals surface area contributed by atoms with Gasteiger partial charge in [0.2, 0.25) is 0 Å². The van der Waals surface area contributed by atoms with Crippen LogP contribution < -0.4 is 5.32 Å². The normalized spacial score (nSPS) is 10.6. The Balaban J connectivity index is 2.72. The lowest BCUT2D eigenvalue weighted by Crippen LogP contribution is -2.07. The van der Waals surface area contributed by atoms with Crippen LogP contribution in [0.1, 0.15) is 18.9 Å². The van der Waals surface area contributed by atoms with Gasteiger partial charge in [-0.05, 0) is 25.1 Å². The summed E-state index contributed by atoms with van der Waals surface area (Å²) >= 11 is 0. The van der Waals surface area contributed by atoms with Crippen LogP contribution in [0, 0.1) is 17.7 Å². The van der Waals surface area contributed by atoms with Crippen molar-refractivity contribution in [2.75, 3.05) is 11.9 Å². The summed E-state index contributed by atoms with van der Waals surface area (Å²) in [5.41, 5.74) is -0.940. The predicted octanol–water partition coefficient (Wildman–Crippen LogP) is 3.67. The first-order valence-electron chi connectivity index (χ1n) is 4.95. The molecule has 1 aromatic rings. The molecule has 0 spiro atoms. The molecule has 92 valence electrons. The van der Waals surface area contributed by atoms with E-state index in [-0.39, 0.29) is 5.69 Å². The van der Waals surface area contributed by atoms with Crippen LogP contribution in [0.4, 0.5) is 23.2 Å². The third-order valence-electron chi connectivity index (χ3n) is 2.04. The molecule has 0 aliphatic carbocycles. The lowest BCUT2D eigenvalue weighted by Gasteiger charge is -2.10. The minimum atomic E-state index is -4.52. The van der Waals surface area contributed by atoms with E-state index >= 15 is 0 Å². The quantitative estimate of drug-likeness (QED) is 0.486. The van der Waals surface area contributed by atoms with Gasteiger partial charge >= 0.3 is 6.18 Å². The molecule has 0 heterocycles. The third kappa shape index (κ3) is 3.99. The number of anilines is 1. The van der Waals surface area contributed by atoms with Crippen LogP contribution >= 0.6 is 0 Å². The molecular formula is C12H11F4N. The zero-order valence-electron chi connectivity index (χ0n) is 9.16. The summed E-state index contributed by atoms with van der Waals surface area (Å²) in [7, 11) is 0. The number of nitrogens with one attached hydrogen (secondary N) is 1. The molecule has 0 saturated carbocycles. The lowest BCUT2D eigenvalue weighted by atomic mass is 10.2. The summed E-state index contributed by atoms with van der Waals surface area (Å²) in [4.78, 5) is 0. The maximum absolute atomic E-state index is 13.3. The smallest absolute Gasteiger partial charge is 0.382 e. The molecule has 0 aliphatic rings. The van der Waals surface area contributed by atoms with Gasteiger partial charge < -0.3 is 5.32 Å². The van der Waals surface area contributed by atoms with Crippen LogP contribution in [0.15, 0.2) is 18.2 Å². The van der Waals surface area contributed by atoms with E-state index in [4.69, 9.17) is 0 Å². The van der Waals surface area contributed by atoms with Crippen LogP contribution in [-0.2, 0) is 6.18 Å². The molecule has 0 unspecified atom stereocenters. The Labute approximate surface area is 96.8 Å². The largest absolute Gasteiger partial charge is 0.416 e. The van der Waals surface area contributed by atoms with Crippen molar-refractivity contribution < 1.29 is 17.6 Å². The Morgan fingerprint density at radius 3 is 2.53 bits per heavy atom. The Morgan fingerprint density at radius 2 is 2.00 bits per heavy atom. The first-order valence-corrected chi connectivity index (χ1v) is 4.95. The molecule has 17 heavy (non-hydrogen) atoms. The van der Waals surface area contributed by atoms with E-state index in [0.717, 1.165) is 12.1 Å². The first kappa shape index (κ1) is 13.4. The second-order valence-corrected chi connectivity index (χ2v) is 3.30. The molecule has 0 atom stereocenters. The van der Waals surface area contributed by atoms with Gasteiger partial charge in [0, 0.05) is 13.0 Å². The minimum Gasteiger partial charge on any atom is -0.382 e. The van der Waals surface area contributed by atoms with Gasteiger partial charge in [-0.15, -0.1) is 11.8 Å². The van der Waals surface area contributed by atoms with E-state index < -0.39 is 17.6 Å². The monoisotopic (exact) mass is 245 g/mol. The summed E-state index contributed by atoms with van der Waals surface area (Å²) in [6.07, 6.45) is -4.01. The van der Waals surface area contributed by atoms with Crippen molar-refractivity contribution in [3.8, 4) is 11.8 Å². The van der Waals surface area contributed by atoms with Crippen molar-refractivity contribution in [3.05, 3.63) is 29.6 Å². The van der Waals surface area contributed by atoms with Gasteiger partial charge in [-0.2, -0.15) is 13.2 Å². The third-order valence-corrected chi connectivity index (χ3v) is 2.04. The van der Waals surface area contributed by atoms with Gasteiger partial charge in [-0.1, -0.05) is 0 Å². The number of benzene rings is 1. The predicted molar refractivity (Wildman–Crippen MR) is 58.0 cm³/mol. The highest BCUT2D eigenvalue weighted by Crippen LogP contribution is 2.31. The summed E-state index contributed by atoms with van der Waals surface area (Å²) in [5.74, 6) is 4.51. The fraction of sp³-hybridized carbons (Fsp3) is 0.333. The van der Waals surface area contributed by atoms with Crippen LogP contribution in [0.3, 0.4) is 0 Å². The fourth-order valence-electron chi connectivity index (χ4n) is 1.22. The zero-order valence-corrected chi connectivity index (χ0v) is 9.16. The summed E-state index contributed by atoms with van der Waals surface area (Å²) < 4.78 is 50.0. The van der Waals surface area contributed by atoms with Crippen molar-refractivity contribution >= 4 is 5.69 Å². The molecule has 1 rings (SSSR count). The first-order chi connectivity index (χ1) is 7.95. The second kappa shape index (κ2) is 5.58. The topological polar surface area (TPSA) is 12.0 Å². The van der Waals surface area contributed by atoms with Crippen molar-refractivity contribution in [3.63, 3.8) is 0 Å². The molecule has 0 radical (unpaired) electrons. The highest BCUT2D eigenvalue weighted by atomic mass is 19.4. The van der Waals surface area contributed by atoms with E-state index in [1.165, 1.54) is 0 Å². The molecule has 0 bridgehead atoms. The van der Waals surface area contributed by atoms with Crippen LogP contribution in [0.5, 0.6) is 0 Å². The number of rotatable bonds is 3. The Hall–Kier alpha value is -1.70. The SMILES string of the molecule is CC#CCCNc1ccc(C(F)(F)F)cc1F. The van der Waals surface area contributed by atoms with Crippen molar-refractivity contribution in [1.82, 2.24) is 0 Å². The molecular weight excluding hydrogens is 234 g/mol. The molecule has 0 aliphatic heterocycles. The molecule has 0 fully saturated rings. The fourth-order valence-corrected chi connectivity index (χ4v) is 1.22. The minimum absolute atomic E-state index is 0.0518. The van der Waals surface area contributed by atoms with Gasteiger partial charge in [-0.25, -0.2) is 4.39 Å². The summed E-state index contributed by atoms with van der Waals surface area (Å²) in [5, 5.41) is 2.68. The van der Waals surface area contributed by atoms with E-state index in [0.29, 0.717) is 19.0 Å². The Kier molecular flexibility index (Phi) is 4.38. The maximum atomic E-state index is 13.3. The Morgan fingerprint density at radius 1 is 1.29 bits per heavy atom. The average Bonchev–Trinajstić information content (AvgIpc) is 2.24. The maximum Gasteiger partial charge on any atom is 0.416 e. The summed E-state index contributed by atoms with van der Waals surface area (Å²) in [6.45, 7) is 2.07. The molecule has 5 heteroatoms. The van der Waals surface area contributed by atoms with E-state index in [2.05, 4.69) is 17.2 Å². The van der Waals surface area contributed by atoms with Crippen LogP contribution in [-0.4, -0.2) is 6.54 Å². The average molecular weight is 245 g/mol. The van der Waals surface area contributed by atoms with Crippen LogP contribution in [0.25, 0.3) is 0 Å². The van der Waals surface area contributed by atoms with E-state index in [9.17, 15) is 17.6 Å². The molecule has 1 N–H and O–H groups in total. The highest BCUT2D eigenvalue weighted by Gasteiger charge is 2.31. The van der Waals surface area contributed by atoms with Gasteiger partial charge in [0.25, 0.3) is 0 Å². The lowest BCUT2D eigenvalue weighted by molar-refractivity contribution is -0.137. The van der Waals surface area contributed by atoms with Gasteiger partial charge in [-0.3, -0.25) is 0 Å². The number of hydrogen-bond acceptors (Lipinski definition) is 1. The Bertz CT molecular complexity index is 440. The van der Waals surface area contributed by atoms with Crippen LogP contribution in [0.2, 0.25) is 0 Å².